The summed E-state index contributed by atoms with van der Waals surface area (Å²) < 4.78 is 7.26. The Labute approximate surface area is 154 Å². The zero-order valence-electron chi connectivity index (χ0n) is 15.7. The highest BCUT2D eigenvalue weighted by molar-refractivity contribution is 5.88. The lowest BCUT2D eigenvalue weighted by Crippen LogP contribution is -2.61. The molecule has 1 N–H and O–H groups in total. The van der Waals surface area contributed by atoms with Gasteiger partial charge in [-0.3, -0.25) is 14.3 Å². The van der Waals surface area contributed by atoms with Crippen molar-refractivity contribution in [2.75, 3.05) is 45.9 Å². The zero-order chi connectivity index (χ0) is 18.5. The molecule has 2 saturated heterocycles. The third-order valence-corrected chi connectivity index (χ3v) is 5.04. The molecule has 1 aromatic heterocycles. The lowest BCUT2D eigenvalue weighted by atomic mass is 10.1. The maximum Gasteiger partial charge on any atom is 0.246 e. The highest BCUT2D eigenvalue weighted by Gasteiger charge is 2.34. The fourth-order valence-corrected chi connectivity index (χ4v) is 3.64. The van der Waals surface area contributed by atoms with Gasteiger partial charge in [0.2, 0.25) is 11.8 Å². The number of carbonyl (C=O) groups excluding carboxylic acids is 2. The van der Waals surface area contributed by atoms with Crippen molar-refractivity contribution in [1.82, 2.24) is 24.9 Å². The molecule has 1 atom stereocenters. The summed E-state index contributed by atoms with van der Waals surface area (Å²) in [4.78, 5) is 29.2. The molecule has 8 nitrogen and oxygen atoms in total. The summed E-state index contributed by atoms with van der Waals surface area (Å²) in [7, 11) is 0. The molecule has 8 heteroatoms. The van der Waals surface area contributed by atoms with Crippen LogP contribution < -0.4 is 5.32 Å². The first-order valence-corrected chi connectivity index (χ1v) is 9.44. The molecule has 0 aliphatic carbocycles. The van der Waals surface area contributed by atoms with Gasteiger partial charge < -0.3 is 19.9 Å². The van der Waals surface area contributed by atoms with Crippen LogP contribution in [0.15, 0.2) is 6.07 Å². The molecular weight excluding hydrogens is 334 g/mol. The van der Waals surface area contributed by atoms with Crippen molar-refractivity contribution >= 4 is 11.8 Å². The molecule has 0 spiro atoms. The lowest BCUT2D eigenvalue weighted by molar-refractivity contribution is -0.149. The fourth-order valence-electron chi connectivity index (χ4n) is 3.64. The maximum atomic E-state index is 12.8. The fraction of sp³-hybridized carbons (Fsp3) is 0.722. The van der Waals surface area contributed by atoms with E-state index in [2.05, 4.69) is 10.4 Å². The Kier molecular flexibility index (Phi) is 6.26. The van der Waals surface area contributed by atoms with E-state index in [1.165, 1.54) is 0 Å². The number of hydrogen-bond donors (Lipinski definition) is 1. The summed E-state index contributed by atoms with van der Waals surface area (Å²) in [5, 5.41) is 7.68. The van der Waals surface area contributed by atoms with Crippen LogP contribution in [0.5, 0.6) is 0 Å². The van der Waals surface area contributed by atoms with Crippen LogP contribution in [0.1, 0.15) is 24.2 Å². The second kappa shape index (κ2) is 8.64. The van der Waals surface area contributed by atoms with E-state index in [4.69, 9.17) is 4.74 Å². The first-order chi connectivity index (χ1) is 12.6. The smallest absolute Gasteiger partial charge is 0.246 e. The molecule has 2 aliphatic heterocycles. The summed E-state index contributed by atoms with van der Waals surface area (Å²) in [6.07, 6.45) is 1.16. The van der Waals surface area contributed by atoms with Crippen molar-refractivity contribution in [2.45, 2.75) is 39.3 Å². The molecule has 1 unspecified atom stereocenters. The molecule has 0 bridgehead atoms. The van der Waals surface area contributed by atoms with Gasteiger partial charge in [0.15, 0.2) is 0 Å². The van der Waals surface area contributed by atoms with Crippen LogP contribution in [-0.2, 0) is 20.9 Å². The Bertz CT molecular complexity index is 639. The second-order valence-corrected chi connectivity index (χ2v) is 7.00. The van der Waals surface area contributed by atoms with Crippen LogP contribution in [0.4, 0.5) is 0 Å². The molecule has 2 aliphatic rings. The quantitative estimate of drug-likeness (QED) is 0.793. The number of aryl methyl sites for hydroxylation is 3. The Morgan fingerprint density at radius 2 is 2.04 bits per heavy atom. The molecule has 2 amide bonds. The summed E-state index contributed by atoms with van der Waals surface area (Å²) in [5.41, 5.74) is 2.10. The van der Waals surface area contributed by atoms with Gasteiger partial charge in [-0.15, -0.1) is 0 Å². The van der Waals surface area contributed by atoms with Crippen molar-refractivity contribution in [2.24, 2.45) is 0 Å². The van der Waals surface area contributed by atoms with Gasteiger partial charge >= 0.3 is 0 Å². The van der Waals surface area contributed by atoms with Gasteiger partial charge in [0.05, 0.1) is 18.9 Å². The van der Waals surface area contributed by atoms with Crippen LogP contribution in [-0.4, -0.2) is 83.4 Å². The number of morpholine rings is 1. The molecule has 0 aromatic carbocycles. The van der Waals surface area contributed by atoms with Crippen LogP contribution in [0, 0.1) is 13.8 Å². The molecule has 0 radical (unpaired) electrons. The van der Waals surface area contributed by atoms with Crippen LogP contribution in [0.2, 0.25) is 0 Å². The summed E-state index contributed by atoms with van der Waals surface area (Å²) in [5.74, 6) is 0.0898. The number of nitrogens with one attached hydrogen (secondary N) is 1. The third-order valence-electron chi connectivity index (χ3n) is 5.04. The zero-order valence-corrected chi connectivity index (χ0v) is 15.7. The van der Waals surface area contributed by atoms with E-state index in [0.717, 1.165) is 30.9 Å². The minimum Gasteiger partial charge on any atom is -0.378 e. The third kappa shape index (κ3) is 4.42. The van der Waals surface area contributed by atoms with Gasteiger partial charge in [-0.05, 0) is 26.3 Å². The van der Waals surface area contributed by atoms with E-state index in [0.29, 0.717) is 45.8 Å². The lowest BCUT2D eigenvalue weighted by Gasteiger charge is -2.39. The predicted molar refractivity (Wildman–Crippen MR) is 96.7 cm³/mol. The first-order valence-electron chi connectivity index (χ1n) is 9.44. The van der Waals surface area contributed by atoms with Gasteiger partial charge in [-0.1, -0.05) is 0 Å². The SMILES string of the molecule is Cc1cc(C)n(CCCC(=O)N2CCNCC2C(=O)N2CCOCC2)n1. The Hall–Kier alpha value is -1.93. The average Bonchev–Trinajstić information content (AvgIpc) is 2.99. The highest BCUT2D eigenvalue weighted by atomic mass is 16.5. The number of carbonyl (C=O) groups is 2. The molecule has 26 heavy (non-hydrogen) atoms. The van der Waals surface area contributed by atoms with Gasteiger partial charge in [0.25, 0.3) is 0 Å². The number of ether oxygens (including phenoxy) is 1. The van der Waals surface area contributed by atoms with E-state index in [9.17, 15) is 9.59 Å². The summed E-state index contributed by atoms with van der Waals surface area (Å²) in [6, 6.07) is 1.64. The van der Waals surface area contributed by atoms with Crippen molar-refractivity contribution in [1.29, 1.82) is 0 Å². The van der Waals surface area contributed by atoms with E-state index in [1.807, 2.05) is 29.5 Å². The number of piperazine rings is 1. The van der Waals surface area contributed by atoms with Crippen molar-refractivity contribution in [3.8, 4) is 0 Å². The Morgan fingerprint density at radius 1 is 1.27 bits per heavy atom. The Morgan fingerprint density at radius 3 is 2.73 bits per heavy atom. The van der Waals surface area contributed by atoms with Crippen molar-refractivity contribution in [3.63, 3.8) is 0 Å². The number of aromatic nitrogens is 2. The molecule has 3 heterocycles. The molecule has 144 valence electrons. The maximum absolute atomic E-state index is 12.8. The molecule has 2 fully saturated rings. The second-order valence-electron chi connectivity index (χ2n) is 7.00. The summed E-state index contributed by atoms with van der Waals surface area (Å²) in [6.45, 7) is 8.91. The van der Waals surface area contributed by atoms with E-state index >= 15 is 0 Å². The number of nitrogens with zero attached hydrogens (tertiary/aromatic N) is 4. The standard InChI is InChI=1S/C18H29N5O3/c1-14-12-15(2)23(20-14)6-3-4-17(24)22-7-5-19-13-16(22)18(25)21-8-10-26-11-9-21/h12,16,19H,3-11,13H2,1-2H3. The topological polar surface area (TPSA) is 79.7 Å². The van der Waals surface area contributed by atoms with E-state index < -0.39 is 6.04 Å². The molecule has 0 saturated carbocycles. The summed E-state index contributed by atoms with van der Waals surface area (Å²) >= 11 is 0. The molecule has 3 rings (SSSR count). The van der Waals surface area contributed by atoms with Crippen molar-refractivity contribution in [3.05, 3.63) is 17.5 Å². The predicted octanol–water partition coefficient (Wildman–Crippen LogP) is -0.0607. The minimum atomic E-state index is -0.400. The van der Waals surface area contributed by atoms with Crippen molar-refractivity contribution < 1.29 is 14.3 Å². The van der Waals surface area contributed by atoms with Crippen LogP contribution in [0.25, 0.3) is 0 Å². The van der Waals surface area contributed by atoms with Gasteiger partial charge in [0, 0.05) is 51.4 Å². The Balaban J connectivity index is 1.55. The van der Waals surface area contributed by atoms with Gasteiger partial charge in [-0.25, -0.2) is 0 Å². The molecular formula is C18H29N5O3. The molecule has 1 aromatic rings. The van der Waals surface area contributed by atoms with E-state index in [-0.39, 0.29) is 11.8 Å². The first kappa shape index (κ1) is 18.8. The van der Waals surface area contributed by atoms with Gasteiger partial charge in [0.1, 0.15) is 6.04 Å². The van der Waals surface area contributed by atoms with Crippen LogP contribution >= 0.6 is 0 Å². The number of rotatable bonds is 5. The largest absolute Gasteiger partial charge is 0.378 e. The number of hydrogen-bond acceptors (Lipinski definition) is 5. The average molecular weight is 363 g/mol. The van der Waals surface area contributed by atoms with E-state index in [1.54, 1.807) is 4.90 Å². The minimum absolute atomic E-state index is 0.0346. The van der Waals surface area contributed by atoms with Crippen LogP contribution in [0.3, 0.4) is 0 Å². The number of amides is 2. The monoisotopic (exact) mass is 363 g/mol. The highest BCUT2D eigenvalue weighted by Crippen LogP contribution is 2.13. The van der Waals surface area contributed by atoms with Gasteiger partial charge in [-0.2, -0.15) is 5.10 Å². The normalized spacial score (nSPS) is 21.1.